The van der Waals surface area contributed by atoms with E-state index < -0.39 is 0 Å². The van der Waals surface area contributed by atoms with Crippen molar-refractivity contribution in [1.82, 2.24) is 4.90 Å². The first-order chi connectivity index (χ1) is 9.87. The molecule has 0 bridgehead atoms. The molecule has 0 radical (unpaired) electrons. The number of hydrogen-bond donors (Lipinski definition) is 1. The highest BCUT2D eigenvalue weighted by Crippen LogP contribution is 2.49. The van der Waals surface area contributed by atoms with Crippen molar-refractivity contribution < 1.29 is 0 Å². The predicted octanol–water partition coefficient (Wildman–Crippen LogP) is 3.24. The zero-order valence-corrected chi connectivity index (χ0v) is 13.7. The topological polar surface area (TPSA) is 41.6 Å². The van der Waals surface area contributed by atoms with E-state index in [1.807, 2.05) is 0 Å². The lowest BCUT2D eigenvalue weighted by molar-refractivity contribution is 0.139. The zero-order chi connectivity index (χ0) is 15.3. The summed E-state index contributed by atoms with van der Waals surface area (Å²) in [6, 6.07) is 8.89. The quantitative estimate of drug-likeness (QED) is 0.906. The van der Waals surface area contributed by atoms with Gasteiger partial charge in [-0.1, -0.05) is 52.0 Å². The average molecular weight is 285 g/mol. The number of guanidine groups is 1. The Balaban J connectivity index is 2.10. The summed E-state index contributed by atoms with van der Waals surface area (Å²) in [6.07, 6.45) is 2.31. The second kappa shape index (κ2) is 4.75. The van der Waals surface area contributed by atoms with Gasteiger partial charge in [-0.15, -0.1) is 0 Å². The third-order valence-electron chi connectivity index (χ3n) is 5.16. The van der Waals surface area contributed by atoms with Crippen LogP contribution in [0, 0.1) is 5.92 Å². The fraction of sp³-hybridized carbons (Fsp3) is 0.611. The van der Waals surface area contributed by atoms with Gasteiger partial charge in [-0.2, -0.15) is 0 Å². The van der Waals surface area contributed by atoms with Crippen LogP contribution in [0.2, 0.25) is 0 Å². The van der Waals surface area contributed by atoms with Crippen molar-refractivity contribution in [3.63, 3.8) is 0 Å². The number of nitrogens with two attached hydrogens (primary N) is 1. The van der Waals surface area contributed by atoms with Crippen LogP contribution in [0.5, 0.6) is 0 Å². The lowest BCUT2D eigenvalue weighted by atomic mass is 9.65. The van der Waals surface area contributed by atoms with Gasteiger partial charge in [-0.05, 0) is 35.3 Å². The van der Waals surface area contributed by atoms with Gasteiger partial charge in [0.15, 0.2) is 5.96 Å². The summed E-state index contributed by atoms with van der Waals surface area (Å²) in [5.41, 5.74) is 9.36. The number of benzene rings is 1. The van der Waals surface area contributed by atoms with Crippen molar-refractivity contribution in [2.75, 3.05) is 13.1 Å². The number of rotatable bonds is 2. The molecule has 21 heavy (non-hydrogen) atoms. The van der Waals surface area contributed by atoms with E-state index in [2.05, 4.69) is 61.9 Å². The average Bonchev–Trinajstić information content (AvgIpc) is 2.74. The Morgan fingerprint density at radius 2 is 1.86 bits per heavy atom. The summed E-state index contributed by atoms with van der Waals surface area (Å²) in [6.45, 7) is 11.0. The van der Waals surface area contributed by atoms with Gasteiger partial charge in [0.1, 0.15) is 0 Å². The summed E-state index contributed by atoms with van der Waals surface area (Å²) in [7, 11) is 0. The van der Waals surface area contributed by atoms with Crippen LogP contribution in [-0.2, 0) is 11.0 Å². The van der Waals surface area contributed by atoms with E-state index in [4.69, 9.17) is 5.73 Å². The summed E-state index contributed by atoms with van der Waals surface area (Å²) >= 11 is 0. The predicted molar refractivity (Wildman–Crippen MR) is 88.4 cm³/mol. The molecule has 1 atom stereocenters. The molecule has 1 aromatic carbocycles. The molecule has 0 fully saturated rings. The van der Waals surface area contributed by atoms with Gasteiger partial charge in [0, 0.05) is 6.54 Å². The van der Waals surface area contributed by atoms with Crippen molar-refractivity contribution in [3.05, 3.63) is 35.4 Å². The minimum atomic E-state index is -0.0134. The minimum absolute atomic E-state index is 0.0134. The van der Waals surface area contributed by atoms with Crippen LogP contribution in [0.25, 0.3) is 0 Å². The van der Waals surface area contributed by atoms with E-state index in [9.17, 15) is 0 Å². The SMILES string of the molecule is CC(C)CN1C(N)=NCC12CCC(C)(C)c1ccccc12. The molecule has 3 heteroatoms. The minimum Gasteiger partial charge on any atom is -0.370 e. The van der Waals surface area contributed by atoms with E-state index >= 15 is 0 Å². The third-order valence-corrected chi connectivity index (χ3v) is 5.16. The first-order valence-electron chi connectivity index (χ1n) is 8.04. The van der Waals surface area contributed by atoms with Crippen molar-refractivity contribution in [2.45, 2.75) is 51.5 Å². The van der Waals surface area contributed by atoms with Gasteiger partial charge >= 0.3 is 0 Å². The largest absolute Gasteiger partial charge is 0.370 e. The van der Waals surface area contributed by atoms with E-state index in [-0.39, 0.29) is 11.0 Å². The lowest BCUT2D eigenvalue weighted by Crippen LogP contribution is -2.54. The standard InChI is InChI=1S/C18H27N3/c1-13(2)11-21-16(19)20-12-18(21)10-9-17(3,4)14-7-5-6-8-15(14)18/h5-8,13H,9-12H2,1-4H3,(H2,19,20). The molecule has 2 aliphatic rings. The Bertz CT molecular complexity index is 574. The summed E-state index contributed by atoms with van der Waals surface area (Å²) < 4.78 is 0. The smallest absolute Gasteiger partial charge is 0.192 e. The Morgan fingerprint density at radius 1 is 1.19 bits per heavy atom. The first-order valence-corrected chi connectivity index (χ1v) is 8.04. The highest BCUT2D eigenvalue weighted by Gasteiger charge is 2.49. The van der Waals surface area contributed by atoms with E-state index in [1.54, 1.807) is 0 Å². The molecule has 1 unspecified atom stereocenters. The van der Waals surface area contributed by atoms with Crippen molar-refractivity contribution in [3.8, 4) is 0 Å². The second-order valence-electron chi connectivity index (χ2n) is 7.64. The molecule has 1 heterocycles. The molecule has 0 aromatic heterocycles. The van der Waals surface area contributed by atoms with Crippen LogP contribution in [-0.4, -0.2) is 23.9 Å². The molecule has 3 rings (SSSR count). The molecular weight excluding hydrogens is 258 g/mol. The van der Waals surface area contributed by atoms with Crippen LogP contribution in [0.15, 0.2) is 29.3 Å². The highest BCUT2D eigenvalue weighted by atomic mass is 15.4. The van der Waals surface area contributed by atoms with Gasteiger partial charge in [-0.25, -0.2) is 0 Å². The molecule has 0 saturated heterocycles. The zero-order valence-electron chi connectivity index (χ0n) is 13.7. The normalized spacial score (nSPS) is 27.1. The van der Waals surface area contributed by atoms with E-state index in [0.29, 0.717) is 5.92 Å². The molecule has 2 N–H and O–H groups in total. The van der Waals surface area contributed by atoms with Crippen LogP contribution < -0.4 is 5.73 Å². The maximum Gasteiger partial charge on any atom is 0.192 e. The number of hydrogen-bond acceptors (Lipinski definition) is 3. The summed E-state index contributed by atoms with van der Waals surface area (Å²) in [5, 5.41) is 0. The number of nitrogens with zero attached hydrogens (tertiary/aromatic N) is 2. The molecule has 3 nitrogen and oxygen atoms in total. The van der Waals surface area contributed by atoms with Crippen LogP contribution in [0.4, 0.5) is 0 Å². The number of aliphatic imine (C=N–C) groups is 1. The maximum absolute atomic E-state index is 6.23. The van der Waals surface area contributed by atoms with Gasteiger partial charge < -0.3 is 10.6 Å². The fourth-order valence-corrected chi connectivity index (χ4v) is 3.95. The maximum atomic E-state index is 6.23. The molecule has 1 aliphatic carbocycles. The van der Waals surface area contributed by atoms with E-state index in [0.717, 1.165) is 25.5 Å². The van der Waals surface area contributed by atoms with E-state index in [1.165, 1.54) is 17.5 Å². The van der Waals surface area contributed by atoms with Crippen LogP contribution in [0.1, 0.15) is 51.7 Å². The summed E-state index contributed by atoms with van der Waals surface area (Å²) in [4.78, 5) is 6.98. The molecule has 0 saturated carbocycles. The Morgan fingerprint density at radius 3 is 2.52 bits per heavy atom. The van der Waals surface area contributed by atoms with Crippen molar-refractivity contribution in [1.29, 1.82) is 0 Å². The molecule has 1 spiro atoms. The molecular formula is C18H27N3. The van der Waals surface area contributed by atoms with Gasteiger partial charge in [0.05, 0.1) is 12.1 Å². The Labute approximate surface area is 128 Å². The third kappa shape index (κ3) is 2.14. The summed E-state index contributed by atoms with van der Waals surface area (Å²) in [5.74, 6) is 1.30. The van der Waals surface area contributed by atoms with Crippen molar-refractivity contribution >= 4 is 5.96 Å². The fourth-order valence-electron chi connectivity index (χ4n) is 3.95. The molecule has 0 amide bonds. The molecule has 1 aromatic rings. The number of fused-ring (bicyclic) bond motifs is 2. The molecule has 114 valence electrons. The van der Waals surface area contributed by atoms with Gasteiger partial charge in [-0.3, -0.25) is 4.99 Å². The Kier molecular flexibility index (Phi) is 3.27. The Hall–Kier alpha value is -1.51. The monoisotopic (exact) mass is 285 g/mol. The van der Waals surface area contributed by atoms with Crippen LogP contribution in [0.3, 0.4) is 0 Å². The van der Waals surface area contributed by atoms with Gasteiger partial charge in [0.25, 0.3) is 0 Å². The highest BCUT2D eigenvalue weighted by molar-refractivity contribution is 5.81. The van der Waals surface area contributed by atoms with Crippen molar-refractivity contribution in [2.24, 2.45) is 16.6 Å². The van der Waals surface area contributed by atoms with Gasteiger partial charge in [0.2, 0.25) is 0 Å². The second-order valence-corrected chi connectivity index (χ2v) is 7.64. The lowest BCUT2D eigenvalue weighted by Gasteiger charge is -2.48. The van der Waals surface area contributed by atoms with Crippen LogP contribution >= 0.6 is 0 Å². The molecule has 1 aliphatic heterocycles. The first kappa shape index (κ1) is 14.4.